The molecule has 0 radical (unpaired) electrons. The molecule has 2 rings (SSSR count). The molecule has 1 fully saturated rings. The van der Waals surface area contributed by atoms with Crippen molar-refractivity contribution in [1.29, 1.82) is 0 Å². The first-order valence-electron chi connectivity index (χ1n) is 5.62. The number of nitrogens with two attached hydrogens (primary N) is 1. The van der Waals surface area contributed by atoms with E-state index in [4.69, 9.17) is 5.73 Å². The summed E-state index contributed by atoms with van der Waals surface area (Å²) < 4.78 is 39.7. The summed E-state index contributed by atoms with van der Waals surface area (Å²) in [6.07, 6.45) is 0. The highest BCUT2D eigenvalue weighted by atomic mass is 32.2. The number of benzene rings is 1. The third-order valence-corrected chi connectivity index (χ3v) is 5.68. The smallest absolute Gasteiger partial charge is 0.246 e. The molecule has 2 N–H and O–H groups in total. The van der Waals surface area contributed by atoms with Gasteiger partial charge in [0.05, 0.1) is 0 Å². The molecule has 0 amide bonds. The monoisotopic (exact) mass is 290 g/mol. The van der Waals surface area contributed by atoms with E-state index in [0.717, 1.165) is 17.6 Å². The van der Waals surface area contributed by atoms with Gasteiger partial charge in [-0.3, -0.25) is 0 Å². The Hall–Kier alpha value is -0.630. The van der Waals surface area contributed by atoms with Gasteiger partial charge >= 0.3 is 0 Å². The van der Waals surface area contributed by atoms with Gasteiger partial charge in [-0.05, 0) is 17.7 Å². The minimum atomic E-state index is -3.74. The van der Waals surface area contributed by atoms with E-state index in [1.807, 2.05) is 0 Å². The highest BCUT2D eigenvalue weighted by Crippen LogP contribution is 2.23. The highest BCUT2D eigenvalue weighted by molar-refractivity contribution is 7.99. The second kappa shape index (κ2) is 5.56. The fourth-order valence-corrected chi connectivity index (χ4v) is 4.49. The topological polar surface area (TPSA) is 63.4 Å². The van der Waals surface area contributed by atoms with E-state index in [-0.39, 0.29) is 11.4 Å². The SMILES string of the molecule is NCc1ccc(F)c(S(=O)(=O)N2CCSCC2)c1. The van der Waals surface area contributed by atoms with Gasteiger partial charge in [0.15, 0.2) is 0 Å². The van der Waals surface area contributed by atoms with Crippen LogP contribution in [0.2, 0.25) is 0 Å². The Morgan fingerprint density at radius 1 is 1.33 bits per heavy atom. The lowest BCUT2D eigenvalue weighted by atomic mass is 10.2. The molecule has 1 heterocycles. The van der Waals surface area contributed by atoms with Crippen LogP contribution in [0.25, 0.3) is 0 Å². The fraction of sp³-hybridized carbons (Fsp3) is 0.455. The predicted octanol–water partition coefficient (Wildman–Crippen LogP) is 1.02. The molecular formula is C11H15FN2O2S2. The van der Waals surface area contributed by atoms with Crippen molar-refractivity contribution in [2.24, 2.45) is 5.73 Å². The maximum absolute atomic E-state index is 13.7. The van der Waals surface area contributed by atoms with Crippen LogP contribution < -0.4 is 5.73 Å². The highest BCUT2D eigenvalue weighted by Gasteiger charge is 2.28. The Morgan fingerprint density at radius 2 is 2.00 bits per heavy atom. The number of halogens is 1. The van der Waals surface area contributed by atoms with Crippen molar-refractivity contribution in [3.8, 4) is 0 Å². The maximum atomic E-state index is 13.7. The Balaban J connectivity index is 2.39. The lowest BCUT2D eigenvalue weighted by molar-refractivity contribution is 0.438. The number of rotatable bonds is 3. The Kier molecular flexibility index (Phi) is 4.26. The van der Waals surface area contributed by atoms with Crippen LogP contribution in [0, 0.1) is 5.82 Å². The van der Waals surface area contributed by atoms with Gasteiger partial charge < -0.3 is 5.73 Å². The van der Waals surface area contributed by atoms with Gasteiger partial charge in [0.25, 0.3) is 0 Å². The van der Waals surface area contributed by atoms with Gasteiger partial charge in [0.2, 0.25) is 10.0 Å². The van der Waals surface area contributed by atoms with E-state index in [2.05, 4.69) is 0 Å². The van der Waals surface area contributed by atoms with Crippen molar-refractivity contribution in [3.05, 3.63) is 29.6 Å². The summed E-state index contributed by atoms with van der Waals surface area (Å²) in [6, 6.07) is 3.99. The Labute approximate surface area is 110 Å². The number of thioether (sulfide) groups is 1. The average Bonchev–Trinajstić information content (AvgIpc) is 2.40. The van der Waals surface area contributed by atoms with Crippen LogP contribution in [0.15, 0.2) is 23.1 Å². The normalized spacial score (nSPS) is 17.9. The molecule has 1 aliphatic rings. The van der Waals surface area contributed by atoms with Crippen LogP contribution in [0.1, 0.15) is 5.56 Å². The first-order valence-corrected chi connectivity index (χ1v) is 8.21. The Morgan fingerprint density at radius 3 is 2.61 bits per heavy atom. The van der Waals surface area contributed by atoms with Crippen molar-refractivity contribution < 1.29 is 12.8 Å². The van der Waals surface area contributed by atoms with Crippen molar-refractivity contribution in [2.75, 3.05) is 24.6 Å². The second-order valence-corrected chi connectivity index (χ2v) is 7.12. The molecule has 18 heavy (non-hydrogen) atoms. The molecule has 4 nitrogen and oxygen atoms in total. The number of nitrogens with zero attached hydrogens (tertiary/aromatic N) is 1. The van der Waals surface area contributed by atoms with Crippen molar-refractivity contribution >= 4 is 21.8 Å². The van der Waals surface area contributed by atoms with Crippen molar-refractivity contribution in [3.63, 3.8) is 0 Å². The fourth-order valence-electron chi connectivity index (χ4n) is 1.80. The molecule has 7 heteroatoms. The summed E-state index contributed by atoms with van der Waals surface area (Å²) in [6.45, 7) is 1.05. The third kappa shape index (κ3) is 2.69. The molecule has 0 atom stereocenters. The molecule has 0 aliphatic carbocycles. The van der Waals surface area contributed by atoms with Gasteiger partial charge in [-0.2, -0.15) is 16.1 Å². The standard InChI is InChI=1S/C11H15FN2O2S2/c12-10-2-1-9(8-13)7-11(10)18(15,16)14-3-5-17-6-4-14/h1-2,7H,3-6,8,13H2. The Bertz CT molecular complexity index is 528. The zero-order valence-electron chi connectivity index (χ0n) is 9.80. The lowest BCUT2D eigenvalue weighted by Gasteiger charge is -2.25. The van der Waals surface area contributed by atoms with E-state index in [9.17, 15) is 12.8 Å². The van der Waals surface area contributed by atoms with Gasteiger partial charge in [0.1, 0.15) is 10.7 Å². The summed E-state index contributed by atoms with van der Waals surface area (Å²) in [5, 5.41) is 0. The molecule has 1 aromatic rings. The summed E-state index contributed by atoms with van der Waals surface area (Å²) >= 11 is 1.70. The molecule has 0 aromatic heterocycles. The lowest BCUT2D eigenvalue weighted by Crippen LogP contribution is -2.38. The van der Waals surface area contributed by atoms with Crippen LogP contribution in [-0.2, 0) is 16.6 Å². The summed E-state index contributed by atoms with van der Waals surface area (Å²) in [4.78, 5) is -0.266. The molecular weight excluding hydrogens is 275 g/mol. The number of hydrogen-bond acceptors (Lipinski definition) is 4. The van der Waals surface area contributed by atoms with E-state index in [0.29, 0.717) is 18.7 Å². The first-order chi connectivity index (χ1) is 8.55. The van der Waals surface area contributed by atoms with Crippen LogP contribution in [0.4, 0.5) is 4.39 Å². The van der Waals surface area contributed by atoms with Crippen LogP contribution in [-0.4, -0.2) is 37.3 Å². The number of hydrogen-bond donors (Lipinski definition) is 1. The molecule has 1 aromatic carbocycles. The average molecular weight is 290 g/mol. The van der Waals surface area contributed by atoms with Gasteiger partial charge in [0, 0.05) is 31.1 Å². The first kappa shape index (κ1) is 13.8. The second-order valence-electron chi connectivity index (χ2n) is 3.99. The van der Waals surface area contributed by atoms with Crippen LogP contribution in [0.3, 0.4) is 0 Å². The molecule has 0 unspecified atom stereocenters. The molecule has 100 valence electrons. The molecule has 1 aliphatic heterocycles. The minimum absolute atomic E-state index is 0.193. The zero-order chi connectivity index (χ0) is 13.2. The van der Waals surface area contributed by atoms with Crippen molar-refractivity contribution in [2.45, 2.75) is 11.4 Å². The predicted molar refractivity (Wildman–Crippen MR) is 70.4 cm³/mol. The van der Waals surface area contributed by atoms with E-state index in [1.54, 1.807) is 11.8 Å². The van der Waals surface area contributed by atoms with Crippen LogP contribution in [0.5, 0.6) is 0 Å². The van der Waals surface area contributed by atoms with E-state index < -0.39 is 15.8 Å². The number of sulfonamides is 1. The van der Waals surface area contributed by atoms with Gasteiger partial charge in [-0.25, -0.2) is 12.8 Å². The molecule has 1 saturated heterocycles. The van der Waals surface area contributed by atoms with E-state index >= 15 is 0 Å². The minimum Gasteiger partial charge on any atom is -0.326 e. The van der Waals surface area contributed by atoms with Gasteiger partial charge in [-0.15, -0.1) is 0 Å². The van der Waals surface area contributed by atoms with Gasteiger partial charge in [-0.1, -0.05) is 6.07 Å². The quantitative estimate of drug-likeness (QED) is 0.903. The van der Waals surface area contributed by atoms with Crippen molar-refractivity contribution in [1.82, 2.24) is 4.31 Å². The molecule has 0 bridgehead atoms. The molecule has 0 saturated carbocycles. The summed E-state index contributed by atoms with van der Waals surface area (Å²) in [5.41, 5.74) is 6.07. The molecule has 0 spiro atoms. The maximum Gasteiger partial charge on any atom is 0.246 e. The van der Waals surface area contributed by atoms with E-state index in [1.165, 1.54) is 16.4 Å². The summed E-state index contributed by atoms with van der Waals surface area (Å²) in [7, 11) is -3.74. The zero-order valence-corrected chi connectivity index (χ0v) is 11.4. The van der Waals surface area contributed by atoms with Crippen LogP contribution >= 0.6 is 11.8 Å². The largest absolute Gasteiger partial charge is 0.326 e. The third-order valence-electron chi connectivity index (χ3n) is 2.82. The summed E-state index contributed by atoms with van der Waals surface area (Å²) in [5.74, 6) is 0.778.